The normalized spacial score (nSPS) is 12.9. The van der Waals surface area contributed by atoms with Gasteiger partial charge in [-0.3, -0.25) is 9.59 Å². The molecule has 0 aromatic heterocycles. The standard InChI is InChI=1S/C27H44O5/c1-3-17-25(31-22-24-18-13-12-14-19-24)26(32-23(2)28)20-15-10-8-6-4-5-7-9-11-16-21-27(29)30/h12-14,18-19,25-26H,3-11,15-17,20-22H2,1-2H3,(H,29,30). The molecular formula is C27H44O5. The molecule has 0 aliphatic rings. The van der Waals surface area contributed by atoms with E-state index in [0.717, 1.165) is 56.9 Å². The van der Waals surface area contributed by atoms with Crippen LogP contribution in [0, 0.1) is 0 Å². The van der Waals surface area contributed by atoms with Gasteiger partial charge in [-0.2, -0.15) is 0 Å². The third-order valence-electron chi connectivity index (χ3n) is 5.74. The number of aliphatic carboxylic acids is 1. The van der Waals surface area contributed by atoms with Gasteiger partial charge in [0.1, 0.15) is 6.10 Å². The Morgan fingerprint density at radius 1 is 0.812 bits per heavy atom. The summed E-state index contributed by atoms with van der Waals surface area (Å²) in [6.45, 7) is 4.16. The molecule has 0 aliphatic carbocycles. The molecule has 182 valence electrons. The zero-order valence-electron chi connectivity index (χ0n) is 20.2. The molecule has 0 amide bonds. The topological polar surface area (TPSA) is 72.8 Å². The molecule has 2 unspecified atom stereocenters. The average molecular weight is 449 g/mol. The number of carbonyl (C=O) groups is 2. The number of hydrogen-bond acceptors (Lipinski definition) is 4. The highest BCUT2D eigenvalue weighted by Crippen LogP contribution is 2.20. The smallest absolute Gasteiger partial charge is 0.303 e. The minimum absolute atomic E-state index is 0.0646. The van der Waals surface area contributed by atoms with Crippen LogP contribution in [0.25, 0.3) is 0 Å². The van der Waals surface area contributed by atoms with Gasteiger partial charge in [0, 0.05) is 13.3 Å². The Morgan fingerprint density at radius 3 is 1.91 bits per heavy atom. The summed E-state index contributed by atoms with van der Waals surface area (Å²) < 4.78 is 11.8. The van der Waals surface area contributed by atoms with Gasteiger partial charge < -0.3 is 14.6 Å². The van der Waals surface area contributed by atoms with Crippen molar-refractivity contribution >= 4 is 11.9 Å². The summed E-state index contributed by atoms with van der Waals surface area (Å²) in [6, 6.07) is 10.1. The maximum absolute atomic E-state index is 11.7. The maximum Gasteiger partial charge on any atom is 0.303 e. The summed E-state index contributed by atoms with van der Waals surface area (Å²) in [6.07, 6.45) is 14.0. The molecule has 0 radical (unpaired) electrons. The van der Waals surface area contributed by atoms with Gasteiger partial charge in [0.25, 0.3) is 0 Å². The monoisotopic (exact) mass is 448 g/mol. The molecule has 0 aliphatic heterocycles. The van der Waals surface area contributed by atoms with Crippen LogP contribution >= 0.6 is 0 Å². The molecule has 1 aromatic carbocycles. The van der Waals surface area contributed by atoms with Crippen LogP contribution in [0.15, 0.2) is 30.3 Å². The SMILES string of the molecule is CCCC(OCc1ccccc1)C(CCCCCCCCCCCCC(=O)O)OC(C)=O. The van der Waals surface area contributed by atoms with Crippen LogP contribution in [0.4, 0.5) is 0 Å². The van der Waals surface area contributed by atoms with Gasteiger partial charge in [-0.25, -0.2) is 0 Å². The lowest BCUT2D eigenvalue weighted by Crippen LogP contribution is -2.33. The first-order valence-electron chi connectivity index (χ1n) is 12.6. The Hall–Kier alpha value is -1.88. The predicted octanol–water partition coefficient (Wildman–Crippen LogP) is 7.07. The number of carboxylic acids is 1. The quantitative estimate of drug-likeness (QED) is 0.171. The number of rotatable bonds is 20. The molecular weight excluding hydrogens is 404 g/mol. The summed E-state index contributed by atoms with van der Waals surface area (Å²) in [7, 11) is 0. The molecule has 1 N–H and O–H groups in total. The van der Waals surface area contributed by atoms with Crippen molar-refractivity contribution in [1.82, 2.24) is 0 Å². The molecule has 1 rings (SSSR count). The summed E-state index contributed by atoms with van der Waals surface area (Å²) in [5.74, 6) is -0.924. The van der Waals surface area contributed by atoms with E-state index in [1.165, 1.54) is 39.0 Å². The minimum Gasteiger partial charge on any atom is -0.481 e. The fraction of sp³-hybridized carbons (Fsp3) is 0.704. The first-order valence-corrected chi connectivity index (χ1v) is 12.6. The van der Waals surface area contributed by atoms with E-state index in [1.807, 2.05) is 18.2 Å². The minimum atomic E-state index is -0.690. The lowest BCUT2D eigenvalue weighted by molar-refractivity contribution is -0.157. The van der Waals surface area contributed by atoms with Gasteiger partial charge in [-0.15, -0.1) is 0 Å². The largest absolute Gasteiger partial charge is 0.481 e. The van der Waals surface area contributed by atoms with Crippen LogP contribution in [0.2, 0.25) is 0 Å². The van der Waals surface area contributed by atoms with Crippen LogP contribution in [-0.2, 0) is 25.7 Å². The van der Waals surface area contributed by atoms with Crippen LogP contribution in [0.5, 0.6) is 0 Å². The summed E-state index contributed by atoms with van der Waals surface area (Å²) in [5.41, 5.74) is 1.14. The number of benzene rings is 1. The van der Waals surface area contributed by atoms with Crippen molar-refractivity contribution in [1.29, 1.82) is 0 Å². The van der Waals surface area contributed by atoms with Gasteiger partial charge in [0.15, 0.2) is 0 Å². The molecule has 1 aromatic rings. The van der Waals surface area contributed by atoms with Gasteiger partial charge in [-0.1, -0.05) is 95.0 Å². The predicted molar refractivity (Wildman–Crippen MR) is 129 cm³/mol. The summed E-state index contributed by atoms with van der Waals surface area (Å²) in [5, 5.41) is 8.63. The molecule has 0 saturated carbocycles. The molecule has 0 fully saturated rings. The highest BCUT2D eigenvalue weighted by atomic mass is 16.6. The molecule has 5 heteroatoms. The number of carboxylic acid groups (broad SMARTS) is 1. The Morgan fingerprint density at radius 2 is 1.38 bits per heavy atom. The summed E-state index contributed by atoms with van der Waals surface area (Å²) in [4.78, 5) is 22.1. The van der Waals surface area contributed by atoms with Gasteiger partial charge in [0.05, 0.1) is 12.7 Å². The van der Waals surface area contributed by atoms with Crippen molar-refractivity contribution in [2.24, 2.45) is 0 Å². The lowest BCUT2D eigenvalue weighted by Gasteiger charge is -2.27. The maximum atomic E-state index is 11.7. The first kappa shape index (κ1) is 28.2. The molecule has 0 spiro atoms. The van der Waals surface area contributed by atoms with E-state index < -0.39 is 5.97 Å². The van der Waals surface area contributed by atoms with E-state index in [4.69, 9.17) is 14.6 Å². The Kier molecular flexibility index (Phi) is 16.4. The van der Waals surface area contributed by atoms with E-state index in [0.29, 0.717) is 13.0 Å². The van der Waals surface area contributed by atoms with Crippen LogP contribution in [-0.4, -0.2) is 29.3 Å². The Balaban J connectivity index is 2.24. The van der Waals surface area contributed by atoms with Crippen molar-refractivity contribution in [2.45, 2.75) is 123 Å². The molecule has 2 atom stereocenters. The number of ether oxygens (including phenoxy) is 2. The van der Waals surface area contributed by atoms with Crippen molar-refractivity contribution in [3.05, 3.63) is 35.9 Å². The molecule has 5 nitrogen and oxygen atoms in total. The molecule has 0 bridgehead atoms. The van der Waals surface area contributed by atoms with Crippen LogP contribution < -0.4 is 0 Å². The molecule has 0 heterocycles. The van der Waals surface area contributed by atoms with Crippen molar-refractivity contribution in [2.75, 3.05) is 0 Å². The van der Waals surface area contributed by atoms with Gasteiger partial charge in [-0.05, 0) is 31.2 Å². The first-order chi connectivity index (χ1) is 15.5. The van der Waals surface area contributed by atoms with E-state index >= 15 is 0 Å². The van der Waals surface area contributed by atoms with Crippen molar-refractivity contribution in [3.63, 3.8) is 0 Å². The lowest BCUT2D eigenvalue weighted by atomic mass is 10.0. The highest BCUT2D eigenvalue weighted by Gasteiger charge is 2.24. The van der Waals surface area contributed by atoms with E-state index in [2.05, 4.69) is 19.1 Å². The molecule has 0 saturated heterocycles. The number of hydrogen-bond donors (Lipinski definition) is 1. The van der Waals surface area contributed by atoms with Gasteiger partial charge >= 0.3 is 11.9 Å². The van der Waals surface area contributed by atoms with Crippen molar-refractivity contribution < 1.29 is 24.2 Å². The second-order valence-electron chi connectivity index (χ2n) is 8.74. The number of unbranched alkanes of at least 4 members (excludes halogenated alkanes) is 9. The van der Waals surface area contributed by atoms with E-state index in [1.54, 1.807) is 0 Å². The number of carbonyl (C=O) groups excluding carboxylic acids is 1. The number of esters is 1. The van der Waals surface area contributed by atoms with E-state index in [-0.39, 0.29) is 18.2 Å². The Labute approximate surface area is 194 Å². The third-order valence-corrected chi connectivity index (χ3v) is 5.74. The zero-order chi connectivity index (χ0) is 23.4. The fourth-order valence-corrected chi connectivity index (χ4v) is 4.01. The highest BCUT2D eigenvalue weighted by molar-refractivity contribution is 5.66. The van der Waals surface area contributed by atoms with Crippen molar-refractivity contribution in [3.8, 4) is 0 Å². The van der Waals surface area contributed by atoms with Crippen LogP contribution in [0.1, 0.15) is 109 Å². The van der Waals surface area contributed by atoms with Gasteiger partial charge in [0.2, 0.25) is 0 Å². The van der Waals surface area contributed by atoms with E-state index in [9.17, 15) is 9.59 Å². The Bertz CT molecular complexity index is 601. The average Bonchev–Trinajstić information content (AvgIpc) is 2.77. The third kappa shape index (κ3) is 15.0. The second-order valence-corrected chi connectivity index (χ2v) is 8.74. The fourth-order valence-electron chi connectivity index (χ4n) is 4.01. The second kappa shape index (κ2) is 18.7. The zero-order valence-corrected chi connectivity index (χ0v) is 20.2. The van der Waals surface area contributed by atoms with Crippen LogP contribution in [0.3, 0.4) is 0 Å². The molecule has 32 heavy (non-hydrogen) atoms. The summed E-state index contributed by atoms with van der Waals surface area (Å²) >= 11 is 0.